The smallest absolute Gasteiger partial charge is 0.233 e. The van der Waals surface area contributed by atoms with Gasteiger partial charge < -0.3 is 9.15 Å². The summed E-state index contributed by atoms with van der Waals surface area (Å²) in [4.78, 5) is 2.40. The molecule has 1 saturated heterocycles. The van der Waals surface area contributed by atoms with E-state index < -0.39 is 0 Å². The van der Waals surface area contributed by atoms with Crippen LogP contribution in [0.5, 0.6) is 5.88 Å². The Morgan fingerprint density at radius 1 is 1.32 bits per heavy atom. The fourth-order valence-corrected chi connectivity index (χ4v) is 3.46. The summed E-state index contributed by atoms with van der Waals surface area (Å²) < 4.78 is 13.0. The average Bonchev–Trinajstić information content (AvgIpc) is 3.16. The molecule has 1 aliphatic rings. The third-order valence-electron chi connectivity index (χ3n) is 4.43. The first-order chi connectivity index (χ1) is 10.5. The van der Waals surface area contributed by atoms with Crippen LogP contribution in [0.15, 0.2) is 4.42 Å². The zero-order valence-corrected chi connectivity index (χ0v) is 13.8. The lowest BCUT2D eigenvalue weighted by Gasteiger charge is -2.28. The van der Waals surface area contributed by atoms with Crippen molar-refractivity contribution in [3.63, 3.8) is 0 Å². The Hall–Kier alpha value is -1.89. The molecule has 2 aromatic rings. The minimum atomic E-state index is 0.0815. The summed E-state index contributed by atoms with van der Waals surface area (Å²) in [6.45, 7) is 6.98. The zero-order chi connectivity index (χ0) is 15.9. The molecule has 0 unspecified atom stereocenters. The van der Waals surface area contributed by atoms with Crippen molar-refractivity contribution in [3.05, 3.63) is 23.0 Å². The molecule has 1 fully saturated rings. The highest BCUT2D eigenvalue weighted by Crippen LogP contribution is 2.42. The summed E-state index contributed by atoms with van der Waals surface area (Å²) >= 11 is 0. The standard InChI is InChI=1S/C15H23N5O2/c1-9-13(15(21-5)19(4)18-9)12-7-6-8-20(12)10(2)14-17-16-11(3)22-14/h10,12H,6-8H2,1-5H3/t10-,12-/m0/s1. The van der Waals surface area contributed by atoms with Crippen molar-refractivity contribution in [2.75, 3.05) is 13.7 Å². The Bertz CT molecular complexity index is 663. The molecule has 0 bridgehead atoms. The van der Waals surface area contributed by atoms with Crippen LogP contribution in [-0.4, -0.2) is 38.5 Å². The maximum Gasteiger partial charge on any atom is 0.233 e. The van der Waals surface area contributed by atoms with Crippen molar-refractivity contribution in [1.82, 2.24) is 24.9 Å². The number of hydrogen-bond acceptors (Lipinski definition) is 6. The predicted molar refractivity (Wildman–Crippen MR) is 80.6 cm³/mol. The van der Waals surface area contributed by atoms with Crippen LogP contribution in [-0.2, 0) is 7.05 Å². The zero-order valence-electron chi connectivity index (χ0n) is 13.8. The van der Waals surface area contributed by atoms with Gasteiger partial charge >= 0.3 is 0 Å². The molecule has 3 rings (SSSR count). The van der Waals surface area contributed by atoms with Crippen molar-refractivity contribution in [2.45, 2.75) is 45.7 Å². The van der Waals surface area contributed by atoms with E-state index in [2.05, 4.69) is 27.1 Å². The fourth-order valence-electron chi connectivity index (χ4n) is 3.46. The van der Waals surface area contributed by atoms with E-state index in [4.69, 9.17) is 9.15 Å². The van der Waals surface area contributed by atoms with E-state index in [1.165, 1.54) is 5.56 Å². The van der Waals surface area contributed by atoms with Crippen LogP contribution in [0.1, 0.15) is 54.9 Å². The van der Waals surface area contributed by atoms with E-state index in [-0.39, 0.29) is 12.1 Å². The highest BCUT2D eigenvalue weighted by molar-refractivity contribution is 5.35. The number of nitrogens with zero attached hydrogens (tertiary/aromatic N) is 5. The maximum atomic E-state index is 5.62. The summed E-state index contributed by atoms with van der Waals surface area (Å²) in [7, 11) is 3.61. The van der Waals surface area contributed by atoms with Gasteiger partial charge in [-0.2, -0.15) is 5.10 Å². The molecule has 2 aromatic heterocycles. The van der Waals surface area contributed by atoms with Gasteiger partial charge in [-0.1, -0.05) is 0 Å². The minimum Gasteiger partial charge on any atom is -0.481 e. The summed E-state index contributed by atoms with van der Waals surface area (Å²) in [5.74, 6) is 2.11. The number of hydrogen-bond donors (Lipinski definition) is 0. The molecule has 120 valence electrons. The molecule has 7 heteroatoms. The summed E-state index contributed by atoms with van der Waals surface area (Å²) in [6.07, 6.45) is 2.22. The molecule has 0 spiro atoms. The summed E-state index contributed by atoms with van der Waals surface area (Å²) in [5.41, 5.74) is 2.19. The molecular weight excluding hydrogens is 282 g/mol. The van der Waals surface area contributed by atoms with Crippen LogP contribution in [0, 0.1) is 13.8 Å². The predicted octanol–water partition coefficient (Wildman–Crippen LogP) is 2.33. The van der Waals surface area contributed by atoms with Gasteiger partial charge in [0.1, 0.15) is 0 Å². The molecule has 0 aliphatic carbocycles. The Morgan fingerprint density at radius 3 is 2.73 bits per heavy atom. The molecule has 0 radical (unpaired) electrons. The lowest BCUT2D eigenvalue weighted by atomic mass is 10.0. The van der Waals surface area contributed by atoms with Gasteiger partial charge in [0.25, 0.3) is 0 Å². The van der Waals surface area contributed by atoms with Crippen LogP contribution in [0.3, 0.4) is 0 Å². The van der Waals surface area contributed by atoms with Crippen molar-refractivity contribution in [2.24, 2.45) is 7.05 Å². The normalized spacial score (nSPS) is 20.5. The van der Waals surface area contributed by atoms with Crippen LogP contribution in [0.25, 0.3) is 0 Å². The monoisotopic (exact) mass is 305 g/mol. The van der Waals surface area contributed by atoms with Gasteiger partial charge in [-0.25, -0.2) is 4.68 Å². The molecule has 1 aliphatic heterocycles. The third kappa shape index (κ3) is 2.39. The van der Waals surface area contributed by atoms with Crippen LogP contribution in [0.4, 0.5) is 0 Å². The van der Waals surface area contributed by atoms with Crippen molar-refractivity contribution < 1.29 is 9.15 Å². The summed E-state index contributed by atoms with van der Waals surface area (Å²) in [6, 6.07) is 0.351. The molecule has 7 nitrogen and oxygen atoms in total. The van der Waals surface area contributed by atoms with Gasteiger partial charge in [-0.05, 0) is 33.2 Å². The Kier molecular flexibility index (Phi) is 3.90. The first kappa shape index (κ1) is 15.0. The second-order valence-corrected chi connectivity index (χ2v) is 5.86. The van der Waals surface area contributed by atoms with E-state index in [1.807, 2.05) is 25.6 Å². The molecule has 2 atom stereocenters. The van der Waals surface area contributed by atoms with Crippen molar-refractivity contribution in [1.29, 1.82) is 0 Å². The van der Waals surface area contributed by atoms with Gasteiger partial charge in [0.05, 0.1) is 24.4 Å². The van der Waals surface area contributed by atoms with Gasteiger partial charge in [0.15, 0.2) is 0 Å². The Balaban J connectivity index is 1.94. The second-order valence-electron chi connectivity index (χ2n) is 5.86. The summed E-state index contributed by atoms with van der Waals surface area (Å²) in [5, 5.41) is 12.6. The SMILES string of the molecule is COc1c([C@@H]2CCCN2[C@@H](C)c2nnc(C)o2)c(C)nn1C. The number of rotatable bonds is 4. The Morgan fingerprint density at radius 2 is 2.09 bits per heavy atom. The van der Waals surface area contributed by atoms with Gasteiger partial charge in [-0.15, -0.1) is 10.2 Å². The molecular formula is C15H23N5O2. The highest BCUT2D eigenvalue weighted by atomic mass is 16.5. The van der Waals surface area contributed by atoms with E-state index in [0.29, 0.717) is 11.8 Å². The van der Waals surface area contributed by atoms with Gasteiger partial charge in [0.2, 0.25) is 17.7 Å². The Labute approximate surface area is 130 Å². The minimum absolute atomic E-state index is 0.0815. The highest BCUT2D eigenvalue weighted by Gasteiger charge is 2.36. The first-order valence-corrected chi connectivity index (χ1v) is 7.66. The number of aromatic nitrogens is 4. The number of aryl methyl sites for hydroxylation is 3. The topological polar surface area (TPSA) is 69.2 Å². The lowest BCUT2D eigenvalue weighted by molar-refractivity contribution is 0.163. The van der Waals surface area contributed by atoms with Crippen molar-refractivity contribution in [3.8, 4) is 5.88 Å². The molecule has 0 N–H and O–H groups in total. The van der Waals surface area contributed by atoms with Crippen LogP contribution >= 0.6 is 0 Å². The number of methoxy groups -OCH3 is 1. The number of likely N-dealkylation sites (tertiary alicyclic amines) is 1. The maximum absolute atomic E-state index is 5.62. The van der Waals surface area contributed by atoms with Gasteiger partial charge in [-0.3, -0.25) is 4.90 Å². The van der Waals surface area contributed by atoms with Crippen LogP contribution < -0.4 is 4.74 Å². The average molecular weight is 305 g/mol. The lowest BCUT2D eigenvalue weighted by Crippen LogP contribution is -2.27. The van der Waals surface area contributed by atoms with Gasteiger partial charge in [0, 0.05) is 20.0 Å². The molecule has 0 amide bonds. The quantitative estimate of drug-likeness (QED) is 0.863. The van der Waals surface area contributed by atoms with E-state index in [9.17, 15) is 0 Å². The molecule has 3 heterocycles. The largest absolute Gasteiger partial charge is 0.481 e. The van der Waals surface area contributed by atoms with Crippen LogP contribution in [0.2, 0.25) is 0 Å². The molecule has 0 aromatic carbocycles. The second kappa shape index (κ2) is 5.72. The fraction of sp³-hybridized carbons (Fsp3) is 0.667. The number of ether oxygens (including phenoxy) is 1. The van der Waals surface area contributed by atoms with Crippen molar-refractivity contribution >= 4 is 0 Å². The van der Waals surface area contributed by atoms with E-state index in [0.717, 1.165) is 31.0 Å². The van der Waals surface area contributed by atoms with E-state index >= 15 is 0 Å². The molecule has 22 heavy (non-hydrogen) atoms. The first-order valence-electron chi connectivity index (χ1n) is 7.66. The molecule has 0 saturated carbocycles. The third-order valence-corrected chi connectivity index (χ3v) is 4.43. The van der Waals surface area contributed by atoms with E-state index in [1.54, 1.807) is 7.11 Å².